The number of hydrogen-bond donors (Lipinski definition) is 2. The number of hydrogen-bond acceptors (Lipinski definition) is 3. The molecule has 2 aliphatic heterocycles. The lowest BCUT2D eigenvalue weighted by atomic mass is 9.87. The van der Waals surface area contributed by atoms with E-state index in [9.17, 15) is 9.59 Å². The average Bonchev–Trinajstić information content (AvgIpc) is 2.88. The van der Waals surface area contributed by atoms with Crippen LogP contribution in [0.25, 0.3) is 0 Å². The summed E-state index contributed by atoms with van der Waals surface area (Å²) in [6.07, 6.45) is 4.71. The van der Waals surface area contributed by atoms with Crippen molar-refractivity contribution >= 4 is 35.1 Å². The van der Waals surface area contributed by atoms with Crippen molar-refractivity contribution in [2.24, 2.45) is 0 Å². The predicted octanol–water partition coefficient (Wildman–Crippen LogP) is 4.95. The Kier molecular flexibility index (Phi) is 8.93. The van der Waals surface area contributed by atoms with E-state index in [4.69, 9.17) is 23.2 Å². The molecule has 8 heteroatoms. The minimum atomic E-state index is -0.0719. The zero-order valence-corrected chi connectivity index (χ0v) is 21.7. The van der Waals surface area contributed by atoms with E-state index in [0.717, 1.165) is 76.0 Å². The number of amides is 3. The van der Waals surface area contributed by atoms with E-state index in [1.54, 1.807) is 7.05 Å². The van der Waals surface area contributed by atoms with E-state index in [1.807, 2.05) is 47.4 Å². The van der Waals surface area contributed by atoms with E-state index in [0.29, 0.717) is 21.7 Å². The van der Waals surface area contributed by atoms with Crippen molar-refractivity contribution in [2.45, 2.75) is 44.1 Å². The fourth-order valence-corrected chi connectivity index (χ4v) is 5.57. The van der Waals surface area contributed by atoms with E-state index in [1.165, 1.54) is 0 Å². The van der Waals surface area contributed by atoms with Crippen LogP contribution in [0.4, 0.5) is 4.79 Å². The van der Waals surface area contributed by atoms with Gasteiger partial charge in [-0.1, -0.05) is 47.5 Å². The predicted molar refractivity (Wildman–Crippen MR) is 142 cm³/mol. The molecular weight excluding hydrogens is 483 g/mol. The third-order valence-corrected chi connectivity index (χ3v) is 8.01. The second kappa shape index (κ2) is 12.1. The largest absolute Gasteiger partial charge is 0.355 e. The molecule has 3 amide bonds. The van der Waals surface area contributed by atoms with Crippen LogP contribution in [0, 0.1) is 0 Å². The molecule has 0 radical (unpaired) electrons. The van der Waals surface area contributed by atoms with Gasteiger partial charge in [-0.15, -0.1) is 0 Å². The van der Waals surface area contributed by atoms with Crippen LogP contribution in [-0.2, 0) is 6.42 Å². The molecule has 1 unspecified atom stereocenters. The van der Waals surface area contributed by atoms with Crippen LogP contribution in [0.1, 0.15) is 53.1 Å². The van der Waals surface area contributed by atoms with E-state index < -0.39 is 0 Å². The number of piperidine rings is 1. The Morgan fingerprint density at radius 3 is 2.60 bits per heavy atom. The van der Waals surface area contributed by atoms with Crippen LogP contribution in [0.2, 0.25) is 10.0 Å². The minimum absolute atomic E-state index is 0.0719. The summed E-state index contributed by atoms with van der Waals surface area (Å²) in [4.78, 5) is 29.2. The third kappa shape index (κ3) is 6.49. The highest BCUT2D eigenvalue weighted by Crippen LogP contribution is 2.32. The monoisotopic (exact) mass is 516 g/mol. The number of nitrogens with one attached hydrogen (secondary N) is 2. The standard InChI is InChI=1S/C27H34Cl2N4O2/c1-30-26(34)23-6-3-2-5-21(23)17-20(19-7-8-24(28)25(29)18-19)9-14-32-15-10-22(11-16-32)33-13-4-12-31-27(33)35/h2-3,5-8,18,20,22H,4,9-17H2,1H3,(H,30,34)(H,31,35). The van der Waals surface area contributed by atoms with Gasteiger partial charge in [-0.2, -0.15) is 0 Å². The molecule has 2 aromatic carbocycles. The number of carbonyl (C=O) groups excluding carboxylic acids is 2. The molecule has 0 aromatic heterocycles. The molecule has 1 atom stereocenters. The SMILES string of the molecule is CNC(=O)c1ccccc1CC(CCN1CCC(N2CCCNC2=O)CC1)c1ccc(Cl)c(Cl)c1. The lowest BCUT2D eigenvalue weighted by molar-refractivity contribution is 0.0962. The lowest BCUT2D eigenvalue weighted by Gasteiger charge is -2.40. The van der Waals surface area contributed by atoms with Crippen molar-refractivity contribution < 1.29 is 9.59 Å². The normalized spacial score (nSPS) is 18.3. The number of carbonyl (C=O) groups is 2. The molecule has 35 heavy (non-hydrogen) atoms. The molecule has 0 bridgehead atoms. The van der Waals surface area contributed by atoms with Crippen molar-refractivity contribution in [3.63, 3.8) is 0 Å². The first kappa shape index (κ1) is 25.8. The van der Waals surface area contributed by atoms with E-state index >= 15 is 0 Å². The fourth-order valence-electron chi connectivity index (χ4n) is 5.26. The summed E-state index contributed by atoms with van der Waals surface area (Å²) < 4.78 is 0. The van der Waals surface area contributed by atoms with Gasteiger partial charge in [0.15, 0.2) is 0 Å². The van der Waals surface area contributed by atoms with Crippen molar-refractivity contribution in [1.82, 2.24) is 20.4 Å². The molecule has 6 nitrogen and oxygen atoms in total. The van der Waals surface area contributed by atoms with Gasteiger partial charge in [0.05, 0.1) is 10.0 Å². The van der Waals surface area contributed by atoms with Crippen LogP contribution in [0.5, 0.6) is 0 Å². The number of benzene rings is 2. The Hall–Kier alpha value is -2.28. The second-order valence-corrected chi connectivity index (χ2v) is 10.3. The summed E-state index contributed by atoms with van der Waals surface area (Å²) in [7, 11) is 1.66. The number of likely N-dealkylation sites (tertiary alicyclic amines) is 1. The van der Waals surface area contributed by atoms with Crippen molar-refractivity contribution in [1.29, 1.82) is 0 Å². The second-order valence-electron chi connectivity index (χ2n) is 9.45. The molecule has 2 aliphatic rings. The first-order valence-electron chi connectivity index (χ1n) is 12.5. The molecule has 0 spiro atoms. The molecule has 2 N–H and O–H groups in total. The van der Waals surface area contributed by atoms with Gasteiger partial charge in [-0.05, 0) is 73.9 Å². The quantitative estimate of drug-likeness (QED) is 0.521. The van der Waals surface area contributed by atoms with Gasteiger partial charge in [0, 0.05) is 44.8 Å². The minimum Gasteiger partial charge on any atom is -0.355 e. The van der Waals surface area contributed by atoms with Crippen molar-refractivity contribution in [3.05, 3.63) is 69.2 Å². The van der Waals surface area contributed by atoms with Gasteiger partial charge in [0.1, 0.15) is 0 Å². The van der Waals surface area contributed by atoms with Crippen LogP contribution in [-0.4, -0.2) is 67.6 Å². The van der Waals surface area contributed by atoms with Gasteiger partial charge < -0.3 is 20.4 Å². The molecule has 2 aromatic rings. The maximum Gasteiger partial charge on any atom is 0.317 e. The van der Waals surface area contributed by atoms with Gasteiger partial charge in [-0.25, -0.2) is 4.79 Å². The van der Waals surface area contributed by atoms with Crippen LogP contribution >= 0.6 is 23.2 Å². The van der Waals surface area contributed by atoms with Crippen molar-refractivity contribution in [2.75, 3.05) is 39.8 Å². The molecule has 4 rings (SSSR count). The summed E-state index contributed by atoms with van der Waals surface area (Å²) in [5.74, 6) is 0.124. The highest BCUT2D eigenvalue weighted by molar-refractivity contribution is 6.42. The molecule has 2 fully saturated rings. The summed E-state index contributed by atoms with van der Waals surface area (Å²) in [6.45, 7) is 4.56. The molecular formula is C27H34Cl2N4O2. The van der Waals surface area contributed by atoms with Gasteiger partial charge in [0.2, 0.25) is 0 Å². The number of nitrogens with zero attached hydrogens (tertiary/aromatic N) is 2. The highest BCUT2D eigenvalue weighted by atomic mass is 35.5. The summed E-state index contributed by atoms with van der Waals surface area (Å²) in [5.41, 5.74) is 2.87. The summed E-state index contributed by atoms with van der Waals surface area (Å²) in [5, 5.41) is 6.82. The first-order chi connectivity index (χ1) is 17.0. The Balaban J connectivity index is 1.43. The van der Waals surface area contributed by atoms with Crippen molar-refractivity contribution in [3.8, 4) is 0 Å². The zero-order chi connectivity index (χ0) is 24.8. The molecule has 0 aliphatic carbocycles. The maximum atomic E-state index is 12.5. The molecule has 2 saturated heterocycles. The van der Waals surface area contributed by atoms with Gasteiger partial charge in [0.25, 0.3) is 5.91 Å². The fraction of sp³-hybridized carbons (Fsp3) is 0.481. The van der Waals surface area contributed by atoms with Crippen LogP contribution in [0.15, 0.2) is 42.5 Å². The lowest BCUT2D eigenvalue weighted by Crippen LogP contribution is -2.54. The van der Waals surface area contributed by atoms with Gasteiger partial charge >= 0.3 is 6.03 Å². The number of urea groups is 1. The Morgan fingerprint density at radius 1 is 1.11 bits per heavy atom. The highest BCUT2D eigenvalue weighted by Gasteiger charge is 2.29. The van der Waals surface area contributed by atoms with Crippen LogP contribution in [0.3, 0.4) is 0 Å². The summed E-state index contributed by atoms with van der Waals surface area (Å²) >= 11 is 12.6. The maximum absolute atomic E-state index is 12.5. The van der Waals surface area contributed by atoms with Gasteiger partial charge in [-0.3, -0.25) is 4.79 Å². The molecule has 2 heterocycles. The van der Waals surface area contributed by atoms with E-state index in [-0.39, 0.29) is 17.9 Å². The van der Waals surface area contributed by atoms with E-state index in [2.05, 4.69) is 15.5 Å². The molecule has 0 saturated carbocycles. The van der Waals surface area contributed by atoms with Crippen LogP contribution < -0.4 is 10.6 Å². The zero-order valence-electron chi connectivity index (χ0n) is 20.2. The number of halogens is 2. The Morgan fingerprint density at radius 2 is 1.89 bits per heavy atom. The number of rotatable bonds is 8. The Bertz CT molecular complexity index is 1040. The molecule has 188 valence electrons. The average molecular weight is 518 g/mol. The Labute approximate surface area is 217 Å². The smallest absolute Gasteiger partial charge is 0.317 e. The summed E-state index contributed by atoms with van der Waals surface area (Å²) in [6, 6.07) is 14.1. The third-order valence-electron chi connectivity index (χ3n) is 7.27. The first-order valence-corrected chi connectivity index (χ1v) is 13.2. The topological polar surface area (TPSA) is 64.7 Å².